The highest BCUT2D eigenvalue weighted by atomic mass is 35.5. The molecule has 0 fully saturated rings. The van der Waals surface area contributed by atoms with Crippen molar-refractivity contribution in [3.63, 3.8) is 0 Å². The van der Waals surface area contributed by atoms with Gasteiger partial charge in [0, 0.05) is 22.5 Å². The highest BCUT2D eigenvalue weighted by Gasteiger charge is 2.24. The van der Waals surface area contributed by atoms with E-state index in [4.69, 9.17) is 17.3 Å². The zero-order valence-corrected chi connectivity index (χ0v) is 8.60. The minimum Gasteiger partial charge on any atom is -0.508 e. The molecule has 3 N–H and O–H groups in total. The van der Waals surface area contributed by atoms with Crippen LogP contribution in [0.4, 0.5) is 0 Å². The lowest BCUT2D eigenvalue weighted by Gasteiger charge is -2.25. The Morgan fingerprint density at radius 3 is 2.54 bits per heavy atom. The molecule has 1 rings (SSSR count). The summed E-state index contributed by atoms with van der Waals surface area (Å²) in [4.78, 5) is 0. The summed E-state index contributed by atoms with van der Waals surface area (Å²) in [5, 5.41) is 10.2. The van der Waals surface area contributed by atoms with Crippen LogP contribution in [0, 0.1) is 0 Å². The van der Waals surface area contributed by atoms with Crippen LogP contribution in [0.3, 0.4) is 0 Å². The van der Waals surface area contributed by atoms with Gasteiger partial charge in [0.25, 0.3) is 0 Å². The fourth-order valence-corrected chi connectivity index (χ4v) is 1.71. The molecule has 0 aliphatic carbocycles. The van der Waals surface area contributed by atoms with Gasteiger partial charge < -0.3 is 10.8 Å². The standard InChI is InChI=1S/C10H14ClNO/c1-10(2,6-12)9-7(11)4-3-5-8(9)13/h3-5,13H,6,12H2,1-2H3. The molecule has 1 aromatic carbocycles. The van der Waals surface area contributed by atoms with Gasteiger partial charge in [-0.15, -0.1) is 0 Å². The first-order chi connectivity index (χ1) is 5.99. The summed E-state index contributed by atoms with van der Waals surface area (Å²) in [7, 11) is 0. The number of rotatable bonds is 2. The molecule has 72 valence electrons. The van der Waals surface area contributed by atoms with Crippen LogP contribution in [-0.4, -0.2) is 11.7 Å². The molecule has 13 heavy (non-hydrogen) atoms. The molecular formula is C10H14ClNO. The molecule has 0 saturated heterocycles. The summed E-state index contributed by atoms with van der Waals surface area (Å²) in [6.45, 7) is 4.35. The van der Waals surface area contributed by atoms with Crippen LogP contribution in [-0.2, 0) is 5.41 Å². The number of halogens is 1. The second-order valence-electron chi connectivity index (χ2n) is 3.72. The molecule has 2 nitrogen and oxygen atoms in total. The first-order valence-corrected chi connectivity index (χ1v) is 4.55. The van der Waals surface area contributed by atoms with Crippen molar-refractivity contribution in [2.75, 3.05) is 6.54 Å². The molecule has 0 radical (unpaired) electrons. The van der Waals surface area contributed by atoms with E-state index in [1.165, 1.54) is 0 Å². The Balaban J connectivity index is 3.28. The molecule has 0 spiro atoms. The minimum atomic E-state index is -0.289. The molecule has 0 aromatic heterocycles. The van der Waals surface area contributed by atoms with E-state index in [0.717, 1.165) is 5.56 Å². The van der Waals surface area contributed by atoms with Crippen molar-refractivity contribution >= 4 is 11.6 Å². The fourth-order valence-electron chi connectivity index (χ4n) is 1.28. The van der Waals surface area contributed by atoms with Gasteiger partial charge in [-0.2, -0.15) is 0 Å². The summed E-state index contributed by atoms with van der Waals surface area (Å²) in [6, 6.07) is 5.10. The van der Waals surface area contributed by atoms with Gasteiger partial charge in [-0.3, -0.25) is 0 Å². The van der Waals surface area contributed by atoms with Crippen molar-refractivity contribution < 1.29 is 5.11 Å². The van der Waals surface area contributed by atoms with Crippen LogP contribution in [0.25, 0.3) is 0 Å². The van der Waals surface area contributed by atoms with E-state index in [0.29, 0.717) is 11.6 Å². The number of hydrogen-bond donors (Lipinski definition) is 2. The predicted octanol–water partition coefficient (Wildman–Crippen LogP) is 2.28. The molecule has 0 saturated carbocycles. The number of phenols is 1. The van der Waals surface area contributed by atoms with Crippen LogP contribution >= 0.6 is 11.6 Å². The molecule has 1 aromatic rings. The Bertz CT molecular complexity index is 290. The number of benzene rings is 1. The van der Waals surface area contributed by atoms with Crippen LogP contribution in [0.15, 0.2) is 18.2 Å². The second-order valence-corrected chi connectivity index (χ2v) is 4.13. The molecule has 0 aliphatic rings. The maximum Gasteiger partial charge on any atom is 0.120 e. The molecular weight excluding hydrogens is 186 g/mol. The second kappa shape index (κ2) is 3.56. The number of phenolic OH excluding ortho intramolecular Hbond substituents is 1. The van der Waals surface area contributed by atoms with Crippen LogP contribution in [0.2, 0.25) is 5.02 Å². The van der Waals surface area contributed by atoms with Gasteiger partial charge in [-0.1, -0.05) is 31.5 Å². The van der Waals surface area contributed by atoms with Gasteiger partial charge in [0.1, 0.15) is 5.75 Å². The molecule has 0 aliphatic heterocycles. The Morgan fingerprint density at radius 2 is 2.08 bits per heavy atom. The summed E-state index contributed by atoms with van der Waals surface area (Å²) >= 11 is 5.98. The molecule has 0 bridgehead atoms. The highest BCUT2D eigenvalue weighted by molar-refractivity contribution is 6.31. The van der Waals surface area contributed by atoms with E-state index in [9.17, 15) is 5.11 Å². The van der Waals surface area contributed by atoms with Crippen molar-refractivity contribution in [3.8, 4) is 5.75 Å². The average Bonchev–Trinajstić information content (AvgIpc) is 2.03. The quantitative estimate of drug-likeness (QED) is 0.768. The maximum absolute atomic E-state index is 9.62. The van der Waals surface area contributed by atoms with Crippen LogP contribution < -0.4 is 5.73 Å². The van der Waals surface area contributed by atoms with Gasteiger partial charge in [-0.25, -0.2) is 0 Å². The van der Waals surface area contributed by atoms with Crippen molar-refractivity contribution in [1.82, 2.24) is 0 Å². The zero-order valence-electron chi connectivity index (χ0n) is 7.84. The van der Waals surface area contributed by atoms with E-state index < -0.39 is 0 Å². The lowest BCUT2D eigenvalue weighted by Crippen LogP contribution is -2.28. The van der Waals surface area contributed by atoms with Crippen molar-refractivity contribution in [1.29, 1.82) is 0 Å². The molecule has 3 heteroatoms. The smallest absolute Gasteiger partial charge is 0.120 e. The van der Waals surface area contributed by atoms with E-state index in [1.807, 2.05) is 13.8 Å². The van der Waals surface area contributed by atoms with E-state index >= 15 is 0 Å². The Hall–Kier alpha value is -0.730. The molecule has 0 unspecified atom stereocenters. The van der Waals surface area contributed by atoms with Crippen molar-refractivity contribution in [3.05, 3.63) is 28.8 Å². The third kappa shape index (κ3) is 1.95. The van der Waals surface area contributed by atoms with Gasteiger partial charge >= 0.3 is 0 Å². The maximum atomic E-state index is 9.62. The first-order valence-electron chi connectivity index (χ1n) is 4.17. The number of aromatic hydroxyl groups is 1. The SMILES string of the molecule is CC(C)(CN)c1c(O)cccc1Cl. The number of hydrogen-bond acceptors (Lipinski definition) is 2. The Labute approximate surface area is 83.3 Å². The van der Waals surface area contributed by atoms with E-state index in [2.05, 4.69) is 0 Å². The highest BCUT2D eigenvalue weighted by Crippen LogP contribution is 2.35. The van der Waals surface area contributed by atoms with E-state index in [1.54, 1.807) is 18.2 Å². The Kier molecular flexibility index (Phi) is 2.84. The van der Waals surface area contributed by atoms with E-state index in [-0.39, 0.29) is 11.2 Å². The first kappa shape index (κ1) is 10.4. The Morgan fingerprint density at radius 1 is 1.46 bits per heavy atom. The van der Waals surface area contributed by atoms with Gasteiger partial charge in [0.05, 0.1) is 0 Å². The third-order valence-electron chi connectivity index (χ3n) is 2.18. The third-order valence-corrected chi connectivity index (χ3v) is 2.49. The zero-order chi connectivity index (χ0) is 10.1. The lowest BCUT2D eigenvalue weighted by atomic mass is 9.84. The van der Waals surface area contributed by atoms with Gasteiger partial charge in [-0.05, 0) is 12.1 Å². The largest absolute Gasteiger partial charge is 0.508 e. The van der Waals surface area contributed by atoms with Crippen molar-refractivity contribution in [2.24, 2.45) is 5.73 Å². The molecule has 0 heterocycles. The molecule has 0 atom stereocenters. The predicted molar refractivity (Wildman–Crippen MR) is 55.2 cm³/mol. The van der Waals surface area contributed by atoms with Gasteiger partial charge in [0.15, 0.2) is 0 Å². The molecule has 0 amide bonds. The fraction of sp³-hybridized carbons (Fsp3) is 0.400. The lowest BCUT2D eigenvalue weighted by molar-refractivity contribution is 0.438. The summed E-state index contributed by atoms with van der Waals surface area (Å²) < 4.78 is 0. The summed E-state index contributed by atoms with van der Waals surface area (Å²) in [5.74, 6) is 0.211. The topological polar surface area (TPSA) is 46.2 Å². The number of nitrogens with two attached hydrogens (primary N) is 1. The minimum absolute atomic E-state index is 0.211. The van der Waals surface area contributed by atoms with Crippen molar-refractivity contribution in [2.45, 2.75) is 19.3 Å². The van der Waals surface area contributed by atoms with Gasteiger partial charge in [0.2, 0.25) is 0 Å². The summed E-state index contributed by atoms with van der Waals surface area (Å²) in [6.07, 6.45) is 0. The summed E-state index contributed by atoms with van der Waals surface area (Å²) in [5.41, 5.74) is 6.04. The van der Waals surface area contributed by atoms with Crippen LogP contribution in [0.5, 0.6) is 5.75 Å². The normalized spacial score (nSPS) is 11.7. The average molecular weight is 200 g/mol. The monoisotopic (exact) mass is 199 g/mol. The van der Waals surface area contributed by atoms with Crippen LogP contribution in [0.1, 0.15) is 19.4 Å².